The van der Waals surface area contributed by atoms with Crippen LogP contribution in [0.25, 0.3) is 11.4 Å². The molecule has 1 heterocycles. The van der Waals surface area contributed by atoms with Gasteiger partial charge < -0.3 is 0 Å². The average molecular weight is 732 g/mol. The van der Waals surface area contributed by atoms with Crippen LogP contribution in [0.15, 0.2) is 78.9 Å². The molecule has 7 nitrogen and oxygen atoms in total. The van der Waals surface area contributed by atoms with Gasteiger partial charge in [-0.3, -0.25) is 20.2 Å². The van der Waals surface area contributed by atoms with E-state index in [9.17, 15) is 9.59 Å². The Morgan fingerprint density at radius 2 is 0.778 bits per heavy atom. The van der Waals surface area contributed by atoms with Gasteiger partial charge in [-0.05, 0) is 48.9 Å². The molecule has 4 aromatic rings. The predicted molar refractivity (Wildman–Crippen MR) is 225 cm³/mol. The second-order valence-corrected chi connectivity index (χ2v) is 14.8. The van der Waals surface area contributed by atoms with Gasteiger partial charge in [-0.1, -0.05) is 196 Å². The van der Waals surface area contributed by atoms with Crippen molar-refractivity contribution in [2.24, 2.45) is 0 Å². The van der Waals surface area contributed by atoms with Gasteiger partial charge in [0.1, 0.15) is 0 Å². The van der Waals surface area contributed by atoms with Crippen molar-refractivity contribution in [1.29, 1.82) is 0 Å². The molecular formula is C47H65N5O2. The highest BCUT2D eigenvalue weighted by molar-refractivity contribution is 6.06. The van der Waals surface area contributed by atoms with Crippen molar-refractivity contribution in [3.63, 3.8) is 0 Å². The Hall–Kier alpha value is -4.39. The van der Waals surface area contributed by atoms with E-state index in [0.717, 1.165) is 55.2 Å². The summed E-state index contributed by atoms with van der Waals surface area (Å²) in [6.45, 7) is 4.52. The Bertz CT molecular complexity index is 1560. The monoisotopic (exact) mass is 732 g/mol. The van der Waals surface area contributed by atoms with Crippen LogP contribution >= 0.6 is 0 Å². The van der Waals surface area contributed by atoms with Gasteiger partial charge in [0.05, 0.1) is 0 Å². The molecule has 2 amide bonds. The third kappa shape index (κ3) is 15.5. The molecule has 290 valence electrons. The van der Waals surface area contributed by atoms with Gasteiger partial charge >= 0.3 is 0 Å². The zero-order valence-electron chi connectivity index (χ0n) is 33.2. The van der Waals surface area contributed by atoms with Gasteiger partial charge in [-0.25, -0.2) is 0 Å². The first-order valence-electron chi connectivity index (χ1n) is 21.2. The molecule has 0 unspecified atom stereocenters. The molecule has 0 fully saturated rings. The lowest BCUT2D eigenvalue weighted by atomic mass is 9.99. The maximum absolute atomic E-state index is 13.7. The normalized spacial score (nSPS) is 11.1. The molecule has 1 aromatic heterocycles. The Kier molecular flexibility index (Phi) is 20.1. The quantitative estimate of drug-likeness (QED) is 0.0595. The molecule has 2 N–H and O–H groups in total. The number of carbonyl (C=O) groups excluding carboxylic acids is 2. The molecule has 7 heteroatoms. The van der Waals surface area contributed by atoms with Crippen LogP contribution in [0.1, 0.15) is 174 Å². The van der Waals surface area contributed by atoms with Crippen molar-refractivity contribution in [2.75, 3.05) is 10.6 Å². The summed E-state index contributed by atoms with van der Waals surface area (Å²) in [6.07, 6.45) is 27.1. The highest BCUT2D eigenvalue weighted by atomic mass is 16.2. The number of aromatic nitrogens is 3. The fraction of sp³-hybridized carbons (Fsp3) is 0.511. The van der Waals surface area contributed by atoms with Crippen LogP contribution < -0.4 is 10.6 Å². The van der Waals surface area contributed by atoms with Crippen molar-refractivity contribution in [1.82, 2.24) is 15.0 Å². The lowest BCUT2D eigenvalue weighted by Crippen LogP contribution is -2.20. The summed E-state index contributed by atoms with van der Waals surface area (Å²) in [5.41, 5.74) is 4.01. The molecule has 0 aliphatic carbocycles. The van der Waals surface area contributed by atoms with Gasteiger partial charge in [0.15, 0.2) is 5.82 Å². The number of nitrogens with zero attached hydrogens (tertiary/aromatic N) is 3. The molecule has 4 rings (SSSR count). The number of nitrogens with one attached hydrogen (secondary N) is 2. The van der Waals surface area contributed by atoms with Gasteiger partial charge in [0, 0.05) is 16.7 Å². The van der Waals surface area contributed by atoms with E-state index in [4.69, 9.17) is 0 Å². The van der Waals surface area contributed by atoms with Crippen molar-refractivity contribution in [2.45, 2.75) is 155 Å². The Balaban J connectivity index is 1.36. The first kappa shape index (κ1) is 42.4. The Morgan fingerprint density at radius 3 is 1.19 bits per heavy atom. The number of rotatable bonds is 27. The molecular weight excluding hydrogens is 667 g/mol. The summed E-state index contributed by atoms with van der Waals surface area (Å²) in [6, 6.07) is 25.1. The van der Waals surface area contributed by atoms with E-state index in [2.05, 4.69) is 39.4 Å². The molecule has 0 radical (unpaired) electrons. The maximum Gasteiger partial charge on any atom is 0.258 e. The number of anilines is 2. The largest absolute Gasteiger partial charge is 0.290 e. The Morgan fingerprint density at radius 1 is 0.426 bits per heavy atom. The number of hydrogen-bond acceptors (Lipinski definition) is 5. The van der Waals surface area contributed by atoms with Gasteiger partial charge in [0.25, 0.3) is 11.8 Å². The van der Waals surface area contributed by atoms with Gasteiger partial charge in [-0.15, -0.1) is 0 Å². The van der Waals surface area contributed by atoms with Crippen LogP contribution in [-0.4, -0.2) is 26.8 Å². The molecule has 0 atom stereocenters. The first-order valence-corrected chi connectivity index (χ1v) is 21.2. The van der Waals surface area contributed by atoms with Crippen LogP contribution in [0.3, 0.4) is 0 Å². The number of hydrogen-bond donors (Lipinski definition) is 2. The number of aryl methyl sites for hydroxylation is 2. The van der Waals surface area contributed by atoms with E-state index in [1.807, 2.05) is 78.9 Å². The number of unbranched alkanes of at least 4 members (excludes halogenated alkanes) is 18. The average Bonchev–Trinajstić information content (AvgIpc) is 3.20. The van der Waals surface area contributed by atoms with Crippen molar-refractivity contribution in [3.8, 4) is 11.4 Å². The standard InChI is InChI=1S/C47H65N5O2/c1-3-5-7-9-11-13-15-17-19-22-30-38-32-26-28-36-41(38)44(53)50-46-48-43(40-34-24-21-25-35-40)49-47(52-46)51-45(54)42-37-29-27-33-39(42)31-23-20-18-16-14-12-10-8-6-4-2/h21,24-29,32-37H,3-20,22-23,30-31H2,1-2H3,(H2,48,49,50,51,52,53,54). The van der Waals surface area contributed by atoms with Gasteiger partial charge in [0.2, 0.25) is 11.9 Å². The number of amides is 2. The maximum atomic E-state index is 13.7. The molecule has 0 bridgehead atoms. The SMILES string of the molecule is CCCCCCCCCCCCc1ccccc1C(=O)Nc1nc(NC(=O)c2ccccc2CCCCCCCCCCCC)nc(-c2ccccc2)n1. The first-order chi connectivity index (χ1) is 26.6. The van der Waals surface area contributed by atoms with E-state index in [-0.39, 0.29) is 23.7 Å². The van der Waals surface area contributed by atoms with E-state index in [1.54, 1.807) is 0 Å². The molecule has 3 aromatic carbocycles. The van der Waals surface area contributed by atoms with Crippen LogP contribution in [0.4, 0.5) is 11.9 Å². The minimum atomic E-state index is -0.276. The minimum Gasteiger partial charge on any atom is -0.290 e. The summed E-state index contributed by atoms with van der Waals surface area (Å²) in [5.74, 6) is 0.00518. The third-order valence-corrected chi connectivity index (χ3v) is 10.2. The van der Waals surface area contributed by atoms with E-state index in [1.165, 1.54) is 103 Å². The zero-order valence-corrected chi connectivity index (χ0v) is 33.2. The van der Waals surface area contributed by atoms with Crippen LogP contribution in [0, 0.1) is 0 Å². The summed E-state index contributed by atoms with van der Waals surface area (Å²) in [4.78, 5) is 41.1. The molecule has 0 aliphatic rings. The fourth-order valence-electron chi connectivity index (χ4n) is 7.07. The second-order valence-electron chi connectivity index (χ2n) is 14.8. The van der Waals surface area contributed by atoms with E-state index < -0.39 is 0 Å². The second kappa shape index (κ2) is 25.6. The summed E-state index contributed by atoms with van der Waals surface area (Å²) >= 11 is 0. The molecule has 0 spiro atoms. The molecule has 0 aliphatic heterocycles. The molecule has 0 saturated carbocycles. The van der Waals surface area contributed by atoms with Crippen LogP contribution in [0.2, 0.25) is 0 Å². The van der Waals surface area contributed by atoms with Crippen molar-refractivity contribution in [3.05, 3.63) is 101 Å². The highest BCUT2D eigenvalue weighted by Gasteiger charge is 2.18. The van der Waals surface area contributed by atoms with E-state index >= 15 is 0 Å². The zero-order chi connectivity index (χ0) is 38.1. The summed E-state index contributed by atoms with van der Waals surface area (Å²) in [5, 5.41) is 5.84. The lowest BCUT2D eigenvalue weighted by molar-refractivity contribution is 0.101. The fourth-order valence-corrected chi connectivity index (χ4v) is 7.07. The predicted octanol–water partition coefficient (Wildman–Crippen LogP) is 13.0. The van der Waals surface area contributed by atoms with Crippen molar-refractivity contribution < 1.29 is 9.59 Å². The minimum absolute atomic E-state index is 0.0940. The van der Waals surface area contributed by atoms with E-state index in [0.29, 0.717) is 17.0 Å². The summed E-state index contributed by atoms with van der Waals surface area (Å²) < 4.78 is 0. The van der Waals surface area contributed by atoms with Crippen LogP contribution in [-0.2, 0) is 12.8 Å². The topological polar surface area (TPSA) is 96.9 Å². The Labute approximate surface area is 325 Å². The molecule has 0 saturated heterocycles. The van der Waals surface area contributed by atoms with Crippen molar-refractivity contribution >= 4 is 23.7 Å². The van der Waals surface area contributed by atoms with Gasteiger partial charge in [-0.2, -0.15) is 15.0 Å². The molecule has 54 heavy (non-hydrogen) atoms. The summed E-state index contributed by atoms with van der Waals surface area (Å²) in [7, 11) is 0. The number of benzene rings is 3. The number of carbonyl (C=O) groups is 2. The lowest BCUT2D eigenvalue weighted by Gasteiger charge is -2.13. The highest BCUT2D eigenvalue weighted by Crippen LogP contribution is 2.22. The third-order valence-electron chi connectivity index (χ3n) is 10.2. The van der Waals surface area contributed by atoms with Crippen LogP contribution in [0.5, 0.6) is 0 Å². The smallest absolute Gasteiger partial charge is 0.258 e.